The van der Waals surface area contributed by atoms with Gasteiger partial charge in [-0.2, -0.15) is 4.98 Å². The van der Waals surface area contributed by atoms with Gasteiger partial charge in [-0.25, -0.2) is 0 Å². The molecule has 0 aliphatic carbocycles. The molecule has 0 unspecified atom stereocenters. The van der Waals surface area contributed by atoms with Gasteiger partial charge in [0.25, 0.3) is 5.89 Å². The normalized spacial score (nSPS) is 10.8. The Balaban J connectivity index is 1.51. The molecular weight excluding hydrogens is 420 g/mol. The third kappa shape index (κ3) is 4.04. The molecule has 0 spiro atoms. The fourth-order valence-corrected chi connectivity index (χ4v) is 3.13. The molecule has 2 aromatic carbocycles. The highest BCUT2D eigenvalue weighted by Crippen LogP contribution is 2.24. The highest BCUT2D eigenvalue weighted by Gasteiger charge is 2.15. The quantitative estimate of drug-likeness (QED) is 0.481. The van der Waals surface area contributed by atoms with Crippen molar-refractivity contribution in [3.8, 4) is 23.0 Å². The van der Waals surface area contributed by atoms with E-state index in [1.54, 1.807) is 4.57 Å². The lowest BCUT2D eigenvalue weighted by Crippen LogP contribution is -2.18. The Morgan fingerprint density at radius 2 is 1.96 bits per heavy atom. The van der Waals surface area contributed by atoms with Gasteiger partial charge in [-0.15, -0.1) is 0 Å². The molecule has 0 bridgehead atoms. The minimum absolute atomic E-state index is 0.129. The van der Waals surface area contributed by atoms with Gasteiger partial charge in [0.05, 0.1) is 0 Å². The van der Waals surface area contributed by atoms with E-state index in [0.717, 1.165) is 21.3 Å². The van der Waals surface area contributed by atoms with Crippen LogP contribution in [0.3, 0.4) is 0 Å². The molecule has 0 aliphatic heterocycles. The lowest BCUT2D eigenvalue weighted by molar-refractivity contribution is -0.116. The largest absolute Gasteiger partial charge is 0.334 e. The maximum atomic E-state index is 12.4. The first-order chi connectivity index (χ1) is 13.6. The molecule has 4 aromatic rings. The number of aromatic nitrogens is 3. The molecule has 2 aromatic heterocycles. The number of halogens is 1. The number of amides is 1. The van der Waals surface area contributed by atoms with Crippen molar-refractivity contribution in [2.24, 2.45) is 0 Å². The van der Waals surface area contributed by atoms with Gasteiger partial charge in [0.2, 0.25) is 11.7 Å². The van der Waals surface area contributed by atoms with E-state index in [2.05, 4.69) is 31.4 Å². The molecule has 1 amide bonds. The fraction of sp³-hybridized carbons (Fsp3) is 0.0952. The molecule has 0 atom stereocenters. The predicted octanol–water partition coefficient (Wildman–Crippen LogP) is 4.91. The van der Waals surface area contributed by atoms with Crippen molar-refractivity contribution < 1.29 is 9.32 Å². The van der Waals surface area contributed by atoms with Crippen molar-refractivity contribution in [3.05, 3.63) is 76.9 Å². The summed E-state index contributed by atoms with van der Waals surface area (Å²) in [7, 11) is 0. The lowest BCUT2D eigenvalue weighted by atomic mass is 10.2. The van der Waals surface area contributed by atoms with Gasteiger partial charge in [0.15, 0.2) is 0 Å². The molecule has 2 heterocycles. The summed E-state index contributed by atoms with van der Waals surface area (Å²) in [6.07, 6.45) is 1.81. The van der Waals surface area contributed by atoms with E-state index >= 15 is 0 Å². The van der Waals surface area contributed by atoms with Crippen molar-refractivity contribution >= 4 is 27.5 Å². The van der Waals surface area contributed by atoms with Gasteiger partial charge in [-0.05, 0) is 61.0 Å². The average molecular weight is 437 g/mol. The summed E-state index contributed by atoms with van der Waals surface area (Å²) in [5, 5.41) is 6.96. The zero-order valence-electron chi connectivity index (χ0n) is 15.1. The third-order valence-corrected chi connectivity index (χ3v) is 4.72. The molecule has 0 radical (unpaired) electrons. The summed E-state index contributed by atoms with van der Waals surface area (Å²) in [6.45, 7) is 2.13. The molecular formula is C21H17BrN4O2. The van der Waals surface area contributed by atoms with Gasteiger partial charge in [-0.3, -0.25) is 4.79 Å². The molecule has 1 N–H and O–H groups in total. The molecule has 140 valence electrons. The van der Waals surface area contributed by atoms with E-state index in [4.69, 9.17) is 4.52 Å². The predicted molar refractivity (Wildman–Crippen MR) is 111 cm³/mol. The monoisotopic (exact) mass is 436 g/mol. The number of hydrogen-bond acceptors (Lipinski definition) is 4. The number of nitrogens with one attached hydrogen (secondary N) is 1. The van der Waals surface area contributed by atoms with Crippen LogP contribution in [0.4, 0.5) is 5.69 Å². The molecule has 7 heteroatoms. The molecule has 0 saturated carbocycles. The minimum atomic E-state index is -0.129. The van der Waals surface area contributed by atoms with E-state index in [1.165, 1.54) is 0 Å². The molecule has 4 rings (SSSR count). The van der Waals surface area contributed by atoms with Crippen LogP contribution in [0.1, 0.15) is 5.56 Å². The summed E-state index contributed by atoms with van der Waals surface area (Å²) in [5.41, 5.74) is 3.41. The summed E-state index contributed by atoms with van der Waals surface area (Å²) in [4.78, 5) is 16.9. The number of hydrogen-bond donors (Lipinski definition) is 1. The van der Waals surface area contributed by atoms with Crippen molar-refractivity contribution in [2.75, 3.05) is 5.32 Å². The lowest BCUT2D eigenvalue weighted by Gasteiger charge is -2.08. The van der Waals surface area contributed by atoms with Crippen LogP contribution in [0, 0.1) is 6.92 Å². The van der Waals surface area contributed by atoms with E-state index in [-0.39, 0.29) is 12.5 Å². The van der Waals surface area contributed by atoms with Gasteiger partial charge < -0.3 is 14.4 Å². The number of carbonyl (C=O) groups is 1. The first kappa shape index (κ1) is 18.2. The summed E-state index contributed by atoms with van der Waals surface area (Å²) in [5.74, 6) is 0.737. The maximum Gasteiger partial charge on any atom is 0.274 e. The van der Waals surface area contributed by atoms with Gasteiger partial charge in [0.1, 0.15) is 12.2 Å². The van der Waals surface area contributed by atoms with Crippen molar-refractivity contribution in [2.45, 2.75) is 13.5 Å². The number of aryl methyl sites for hydroxylation is 1. The smallest absolute Gasteiger partial charge is 0.274 e. The zero-order chi connectivity index (χ0) is 19.5. The fourth-order valence-electron chi connectivity index (χ4n) is 2.87. The van der Waals surface area contributed by atoms with Gasteiger partial charge in [-0.1, -0.05) is 33.2 Å². The van der Waals surface area contributed by atoms with E-state index in [9.17, 15) is 4.79 Å². The Morgan fingerprint density at radius 3 is 2.75 bits per heavy atom. The van der Waals surface area contributed by atoms with Crippen LogP contribution in [0.25, 0.3) is 23.0 Å². The molecule has 28 heavy (non-hydrogen) atoms. The van der Waals surface area contributed by atoms with E-state index in [0.29, 0.717) is 17.4 Å². The summed E-state index contributed by atoms with van der Waals surface area (Å²) < 4.78 is 8.19. The Kier molecular flexibility index (Phi) is 5.08. The van der Waals surface area contributed by atoms with Crippen LogP contribution in [-0.4, -0.2) is 20.6 Å². The second-order valence-corrected chi connectivity index (χ2v) is 7.28. The van der Waals surface area contributed by atoms with Crippen molar-refractivity contribution in [3.63, 3.8) is 0 Å². The standard InChI is InChI=1S/C21H17BrN4O2/c1-14-4-2-5-17(12-14)23-19(27)13-26-11-3-6-18(26)21-24-20(25-28-21)15-7-9-16(22)10-8-15/h2-12H,13H2,1H3,(H,23,27). The first-order valence-electron chi connectivity index (χ1n) is 8.70. The highest BCUT2D eigenvalue weighted by molar-refractivity contribution is 9.10. The Bertz CT molecular complexity index is 1120. The highest BCUT2D eigenvalue weighted by atomic mass is 79.9. The third-order valence-electron chi connectivity index (χ3n) is 4.19. The van der Waals surface area contributed by atoms with Crippen molar-refractivity contribution in [1.82, 2.24) is 14.7 Å². The Hall–Kier alpha value is -3.19. The number of carbonyl (C=O) groups excluding carboxylic acids is 1. The molecule has 0 fully saturated rings. The summed E-state index contributed by atoms with van der Waals surface area (Å²) >= 11 is 3.41. The van der Waals surface area contributed by atoms with Crippen LogP contribution in [-0.2, 0) is 11.3 Å². The van der Waals surface area contributed by atoms with E-state index in [1.807, 2.05) is 73.8 Å². The minimum Gasteiger partial charge on any atom is -0.334 e. The van der Waals surface area contributed by atoms with Crippen LogP contribution in [0.2, 0.25) is 0 Å². The van der Waals surface area contributed by atoms with Crippen LogP contribution in [0.5, 0.6) is 0 Å². The van der Waals surface area contributed by atoms with E-state index < -0.39 is 0 Å². The molecule has 0 aliphatic rings. The second kappa shape index (κ2) is 7.82. The first-order valence-corrected chi connectivity index (χ1v) is 9.49. The Labute approximate surface area is 170 Å². The molecule has 6 nitrogen and oxygen atoms in total. The summed E-state index contributed by atoms with van der Waals surface area (Å²) in [6, 6.07) is 19.0. The Morgan fingerprint density at radius 1 is 1.14 bits per heavy atom. The zero-order valence-corrected chi connectivity index (χ0v) is 16.7. The van der Waals surface area contributed by atoms with Crippen LogP contribution in [0.15, 0.2) is 75.9 Å². The number of nitrogens with zero attached hydrogens (tertiary/aromatic N) is 3. The van der Waals surface area contributed by atoms with Gasteiger partial charge in [0, 0.05) is 21.9 Å². The number of anilines is 1. The van der Waals surface area contributed by atoms with Crippen molar-refractivity contribution in [1.29, 1.82) is 0 Å². The maximum absolute atomic E-state index is 12.4. The van der Waals surface area contributed by atoms with Crippen LogP contribution >= 0.6 is 15.9 Å². The van der Waals surface area contributed by atoms with Gasteiger partial charge >= 0.3 is 0 Å². The average Bonchev–Trinajstić information content (AvgIpc) is 3.31. The number of rotatable bonds is 5. The van der Waals surface area contributed by atoms with Crippen LogP contribution < -0.4 is 5.32 Å². The SMILES string of the molecule is Cc1cccc(NC(=O)Cn2cccc2-c2nc(-c3ccc(Br)cc3)no2)c1. The number of benzene rings is 2. The second-order valence-electron chi connectivity index (χ2n) is 6.37. The molecule has 0 saturated heterocycles. The topological polar surface area (TPSA) is 73.0 Å².